The number of Topliss-reactive ketones (excluding diaryl/α,β-unsaturated/α-hetero) is 1. The van der Waals surface area contributed by atoms with Crippen LogP contribution in [0.3, 0.4) is 0 Å². The quantitative estimate of drug-likeness (QED) is 0.676. The van der Waals surface area contributed by atoms with Crippen molar-refractivity contribution >= 4 is 22.1 Å². The van der Waals surface area contributed by atoms with Gasteiger partial charge in [0.2, 0.25) is 0 Å². The lowest BCUT2D eigenvalue weighted by molar-refractivity contribution is -0.111. The molecule has 0 aromatic heterocycles. The molecule has 0 amide bonds. The van der Waals surface area contributed by atoms with E-state index in [0.717, 1.165) is 22.9 Å². The van der Waals surface area contributed by atoms with Gasteiger partial charge in [-0.05, 0) is 39.8 Å². The molecule has 0 atom stereocenters. The summed E-state index contributed by atoms with van der Waals surface area (Å²) in [6, 6.07) is 14.4. The summed E-state index contributed by atoms with van der Waals surface area (Å²) in [5.41, 5.74) is 2.48. The highest BCUT2D eigenvalue weighted by atomic mass is 16.1. The third kappa shape index (κ3) is 2.20. The highest BCUT2D eigenvalue weighted by molar-refractivity contribution is 6.29. The lowest BCUT2D eigenvalue weighted by atomic mass is 9.75. The van der Waals surface area contributed by atoms with E-state index in [2.05, 4.69) is 50.8 Å². The summed E-state index contributed by atoms with van der Waals surface area (Å²) < 4.78 is 0. The van der Waals surface area contributed by atoms with E-state index in [0.29, 0.717) is 5.57 Å². The Labute approximate surface area is 119 Å². The van der Waals surface area contributed by atoms with Crippen LogP contribution in [0, 0.1) is 5.41 Å². The summed E-state index contributed by atoms with van der Waals surface area (Å²) in [4.78, 5) is 12.4. The molecule has 0 heterocycles. The zero-order valence-electron chi connectivity index (χ0n) is 11.9. The molecule has 0 aliphatic heterocycles. The van der Waals surface area contributed by atoms with Crippen molar-refractivity contribution in [2.45, 2.75) is 20.3 Å². The van der Waals surface area contributed by atoms with Gasteiger partial charge in [-0.25, -0.2) is 0 Å². The van der Waals surface area contributed by atoms with Crippen molar-refractivity contribution in [1.29, 1.82) is 0 Å². The van der Waals surface area contributed by atoms with Crippen molar-refractivity contribution < 1.29 is 4.79 Å². The molecule has 1 heteroatoms. The van der Waals surface area contributed by atoms with Crippen molar-refractivity contribution in [2.24, 2.45) is 5.41 Å². The van der Waals surface area contributed by atoms with Gasteiger partial charge in [0.1, 0.15) is 0 Å². The molecule has 0 radical (unpaired) electrons. The molecule has 1 nitrogen and oxygen atoms in total. The van der Waals surface area contributed by atoms with E-state index in [1.165, 1.54) is 5.39 Å². The molecule has 20 heavy (non-hydrogen) atoms. The average Bonchev–Trinajstić information content (AvgIpc) is 2.42. The Morgan fingerprint density at radius 3 is 2.50 bits per heavy atom. The number of ketones is 1. The van der Waals surface area contributed by atoms with Crippen LogP contribution in [-0.4, -0.2) is 5.78 Å². The first-order chi connectivity index (χ1) is 9.46. The summed E-state index contributed by atoms with van der Waals surface area (Å²) in [5, 5.41) is 2.35. The van der Waals surface area contributed by atoms with Gasteiger partial charge < -0.3 is 0 Å². The van der Waals surface area contributed by atoms with E-state index in [9.17, 15) is 4.79 Å². The minimum Gasteiger partial charge on any atom is -0.289 e. The van der Waals surface area contributed by atoms with E-state index >= 15 is 0 Å². The molecule has 3 rings (SSSR count). The van der Waals surface area contributed by atoms with E-state index in [1.807, 2.05) is 18.2 Å². The van der Waals surface area contributed by atoms with Crippen molar-refractivity contribution in [3.63, 3.8) is 0 Å². The van der Waals surface area contributed by atoms with Crippen LogP contribution < -0.4 is 0 Å². The van der Waals surface area contributed by atoms with Crippen LogP contribution in [0.1, 0.15) is 25.8 Å². The van der Waals surface area contributed by atoms with Gasteiger partial charge in [0.15, 0.2) is 5.78 Å². The molecule has 0 N–H and O–H groups in total. The molecule has 1 aliphatic rings. The fraction of sp³-hybridized carbons (Fsp3) is 0.211. The summed E-state index contributed by atoms with van der Waals surface area (Å²) in [5.74, 6) is 0.0830. The molecule has 0 saturated carbocycles. The standard InChI is InChI=1S/C19H18O/c1-13-11-19(2,3)12-17(18(13)20)16-9-8-14-6-4-5-7-15(14)10-16/h4-10,12H,1,11H2,2-3H3. The predicted octanol–water partition coefficient (Wildman–Crippen LogP) is 4.78. The van der Waals surface area contributed by atoms with Gasteiger partial charge in [-0.1, -0.05) is 62.9 Å². The number of carbonyl (C=O) groups excluding carboxylic acids is 1. The normalized spacial score (nSPS) is 18.2. The predicted molar refractivity (Wildman–Crippen MR) is 84.5 cm³/mol. The van der Waals surface area contributed by atoms with Crippen molar-refractivity contribution in [1.82, 2.24) is 0 Å². The second-order valence-corrected chi connectivity index (χ2v) is 6.22. The van der Waals surface area contributed by atoms with Crippen LogP contribution in [0.25, 0.3) is 16.3 Å². The Balaban J connectivity index is 2.16. The number of fused-ring (bicyclic) bond motifs is 1. The fourth-order valence-corrected chi connectivity index (χ4v) is 2.90. The van der Waals surface area contributed by atoms with E-state index in [1.54, 1.807) is 0 Å². The Bertz CT molecular complexity index is 747. The number of hydrogen-bond acceptors (Lipinski definition) is 1. The summed E-state index contributed by atoms with van der Waals surface area (Å²) >= 11 is 0. The fourth-order valence-electron chi connectivity index (χ4n) is 2.90. The largest absolute Gasteiger partial charge is 0.289 e. The minimum absolute atomic E-state index is 0.00796. The first-order valence-electron chi connectivity index (χ1n) is 6.91. The van der Waals surface area contributed by atoms with Gasteiger partial charge >= 0.3 is 0 Å². The number of allylic oxidation sites excluding steroid dienone is 3. The Morgan fingerprint density at radius 1 is 1.05 bits per heavy atom. The van der Waals surface area contributed by atoms with E-state index < -0.39 is 0 Å². The highest BCUT2D eigenvalue weighted by Gasteiger charge is 2.29. The molecule has 2 aromatic carbocycles. The number of carbonyl (C=O) groups is 1. The van der Waals surface area contributed by atoms with E-state index in [4.69, 9.17) is 0 Å². The smallest absolute Gasteiger partial charge is 0.188 e. The van der Waals surface area contributed by atoms with E-state index in [-0.39, 0.29) is 11.2 Å². The van der Waals surface area contributed by atoms with Crippen molar-refractivity contribution in [3.8, 4) is 0 Å². The Morgan fingerprint density at radius 2 is 1.75 bits per heavy atom. The average molecular weight is 262 g/mol. The van der Waals surface area contributed by atoms with Gasteiger partial charge in [0, 0.05) is 5.57 Å². The number of rotatable bonds is 1. The van der Waals surface area contributed by atoms with Gasteiger partial charge in [-0.15, -0.1) is 0 Å². The monoisotopic (exact) mass is 262 g/mol. The molecular weight excluding hydrogens is 244 g/mol. The maximum atomic E-state index is 12.4. The van der Waals surface area contributed by atoms with Crippen LogP contribution in [0.4, 0.5) is 0 Å². The lowest BCUT2D eigenvalue weighted by Gasteiger charge is -2.28. The maximum absolute atomic E-state index is 12.4. The molecule has 0 spiro atoms. The highest BCUT2D eigenvalue weighted by Crippen LogP contribution is 2.38. The third-order valence-corrected chi connectivity index (χ3v) is 3.83. The van der Waals surface area contributed by atoms with Crippen LogP contribution in [0.5, 0.6) is 0 Å². The molecule has 0 fully saturated rings. The minimum atomic E-state index is -0.00796. The number of benzene rings is 2. The van der Waals surface area contributed by atoms with Crippen LogP contribution in [0.2, 0.25) is 0 Å². The molecular formula is C19H18O. The second-order valence-electron chi connectivity index (χ2n) is 6.22. The van der Waals surface area contributed by atoms with Gasteiger partial charge in [0.05, 0.1) is 0 Å². The summed E-state index contributed by atoms with van der Waals surface area (Å²) in [7, 11) is 0. The zero-order valence-corrected chi connectivity index (χ0v) is 11.9. The first kappa shape index (κ1) is 12.9. The van der Waals surface area contributed by atoms with Gasteiger partial charge in [-0.3, -0.25) is 4.79 Å². The molecule has 0 bridgehead atoms. The topological polar surface area (TPSA) is 17.1 Å². The molecule has 100 valence electrons. The zero-order chi connectivity index (χ0) is 14.3. The summed E-state index contributed by atoms with van der Waals surface area (Å²) in [6.45, 7) is 8.23. The summed E-state index contributed by atoms with van der Waals surface area (Å²) in [6.07, 6.45) is 2.83. The maximum Gasteiger partial charge on any atom is 0.188 e. The van der Waals surface area contributed by atoms with Crippen LogP contribution in [0.15, 0.2) is 60.7 Å². The van der Waals surface area contributed by atoms with Gasteiger partial charge in [0.25, 0.3) is 0 Å². The van der Waals surface area contributed by atoms with Crippen molar-refractivity contribution in [3.05, 3.63) is 66.3 Å². The Kier molecular flexibility index (Phi) is 2.86. The lowest BCUT2D eigenvalue weighted by Crippen LogP contribution is -2.21. The van der Waals surface area contributed by atoms with Crippen molar-refractivity contribution in [2.75, 3.05) is 0 Å². The third-order valence-electron chi connectivity index (χ3n) is 3.83. The molecule has 0 saturated heterocycles. The molecule has 0 unspecified atom stereocenters. The Hall–Kier alpha value is -2.15. The van der Waals surface area contributed by atoms with Crippen LogP contribution in [-0.2, 0) is 4.79 Å². The SMILES string of the molecule is C=C1CC(C)(C)C=C(c2ccc3ccccc3c2)C1=O. The number of hydrogen-bond donors (Lipinski definition) is 0. The van der Waals surface area contributed by atoms with Gasteiger partial charge in [-0.2, -0.15) is 0 Å². The van der Waals surface area contributed by atoms with Crippen LogP contribution >= 0.6 is 0 Å². The molecule has 2 aromatic rings. The molecule has 1 aliphatic carbocycles. The second kappa shape index (κ2) is 4.45. The first-order valence-corrected chi connectivity index (χ1v) is 6.91.